The Bertz CT molecular complexity index is 1890. The van der Waals surface area contributed by atoms with Crippen LogP contribution in [0.25, 0.3) is 22.3 Å². The number of nitrogens with zero attached hydrogens (tertiary/aromatic N) is 4. The van der Waals surface area contributed by atoms with E-state index in [0.717, 1.165) is 26.8 Å². The van der Waals surface area contributed by atoms with Crippen molar-refractivity contribution in [2.45, 2.75) is 6.92 Å². The molecule has 0 saturated heterocycles. The molecule has 0 spiro atoms. The zero-order chi connectivity index (χ0) is 27.8. The number of para-hydroxylation sites is 1. The van der Waals surface area contributed by atoms with Crippen molar-refractivity contribution in [2.75, 3.05) is 12.1 Å². The van der Waals surface area contributed by atoms with Crippen LogP contribution in [0, 0.1) is 0 Å². The van der Waals surface area contributed by atoms with Crippen LogP contribution in [0.4, 0.5) is 5.69 Å². The van der Waals surface area contributed by atoms with E-state index in [-0.39, 0.29) is 11.5 Å². The van der Waals surface area contributed by atoms with Crippen LogP contribution in [-0.4, -0.2) is 28.1 Å². The predicted octanol–water partition coefficient (Wildman–Crippen LogP) is 4.85. The highest BCUT2D eigenvalue weighted by Gasteiger charge is 2.31. The number of benzene rings is 3. The van der Waals surface area contributed by atoms with Crippen molar-refractivity contribution < 1.29 is 4.79 Å². The second-order valence-corrected chi connectivity index (χ2v) is 11.5. The largest absolute Gasteiger partial charge is 0.338 e. The van der Waals surface area contributed by atoms with Crippen LogP contribution in [0.2, 0.25) is 0 Å². The number of thiazole rings is 1. The molecule has 2 aliphatic heterocycles. The molecular formula is C32H26N4O2S2. The minimum atomic E-state index is -0.235. The highest BCUT2D eigenvalue weighted by atomic mass is 32.2. The van der Waals surface area contributed by atoms with Gasteiger partial charge in [-0.3, -0.25) is 9.59 Å². The molecular weight excluding hydrogens is 537 g/mol. The lowest BCUT2D eigenvalue weighted by Crippen LogP contribution is -2.32. The third-order valence-corrected chi connectivity index (χ3v) is 9.26. The molecule has 0 fully saturated rings. The van der Waals surface area contributed by atoms with Crippen LogP contribution < -0.4 is 19.8 Å². The first-order chi connectivity index (χ1) is 19.4. The summed E-state index contributed by atoms with van der Waals surface area (Å²) in [5.41, 5.74) is 4.98. The summed E-state index contributed by atoms with van der Waals surface area (Å²) in [5.74, 6) is -0.235. The van der Waals surface area contributed by atoms with Gasteiger partial charge in [0.1, 0.15) is 4.66 Å². The molecule has 2 aliphatic rings. The van der Waals surface area contributed by atoms with Gasteiger partial charge in [0.2, 0.25) is 0 Å². The first-order valence-corrected chi connectivity index (χ1v) is 14.4. The number of thioether (sulfide) groups is 1. The summed E-state index contributed by atoms with van der Waals surface area (Å²) in [7, 11) is 3.75. The number of anilines is 1. The zero-order valence-electron chi connectivity index (χ0n) is 22.2. The highest BCUT2D eigenvalue weighted by molar-refractivity contribution is 8.12. The number of aromatic nitrogens is 1. The smallest absolute Gasteiger partial charge is 0.283 e. The Morgan fingerprint density at radius 2 is 1.38 bits per heavy atom. The molecule has 6 rings (SSSR count). The summed E-state index contributed by atoms with van der Waals surface area (Å²) in [4.78, 5) is 30.0. The summed E-state index contributed by atoms with van der Waals surface area (Å²) in [5, 5.41) is 6.89. The molecule has 0 bridgehead atoms. The SMILES string of the molecule is CC1=NN(c2ccccc2)C(=O)/C1=c1/s/c(=C\C=C2\SC(c3ccccc3)=C(c3ccccc3)N2C)c(=O)n1C. The molecule has 0 atom stereocenters. The van der Waals surface area contributed by atoms with Gasteiger partial charge in [-0.25, -0.2) is 0 Å². The predicted molar refractivity (Wildman–Crippen MR) is 167 cm³/mol. The Labute approximate surface area is 240 Å². The van der Waals surface area contributed by atoms with Crippen LogP contribution >= 0.6 is 23.1 Å². The Hall–Kier alpha value is -4.40. The average molecular weight is 563 g/mol. The summed E-state index contributed by atoms with van der Waals surface area (Å²) in [6.07, 6.45) is 3.84. The van der Waals surface area contributed by atoms with Gasteiger partial charge in [0, 0.05) is 19.0 Å². The first kappa shape index (κ1) is 25.9. The molecule has 8 heteroatoms. The molecule has 3 aromatic carbocycles. The van der Waals surface area contributed by atoms with Gasteiger partial charge in [-0.05, 0) is 42.3 Å². The molecule has 0 radical (unpaired) electrons. The molecule has 3 heterocycles. The Morgan fingerprint density at radius 1 is 0.775 bits per heavy atom. The quantitative estimate of drug-likeness (QED) is 0.357. The van der Waals surface area contributed by atoms with E-state index in [1.165, 1.54) is 16.3 Å². The summed E-state index contributed by atoms with van der Waals surface area (Å²) in [6.45, 7) is 1.80. The Morgan fingerprint density at radius 3 is 2.02 bits per heavy atom. The topological polar surface area (TPSA) is 57.9 Å². The Balaban J connectivity index is 1.41. The van der Waals surface area contributed by atoms with Crippen molar-refractivity contribution in [3.05, 3.63) is 133 Å². The monoisotopic (exact) mass is 562 g/mol. The number of allylic oxidation sites excluding steroid dienone is 1. The molecule has 0 aliphatic carbocycles. The second kappa shape index (κ2) is 10.6. The van der Waals surface area contributed by atoms with E-state index in [2.05, 4.69) is 34.3 Å². The highest BCUT2D eigenvalue weighted by Crippen LogP contribution is 2.49. The molecule has 4 aromatic rings. The van der Waals surface area contributed by atoms with Gasteiger partial charge in [-0.1, -0.05) is 90.6 Å². The summed E-state index contributed by atoms with van der Waals surface area (Å²) in [6, 6.07) is 30.0. The van der Waals surface area contributed by atoms with Crippen molar-refractivity contribution >= 4 is 62.7 Å². The van der Waals surface area contributed by atoms with Gasteiger partial charge in [0.05, 0.1) is 32.2 Å². The second-order valence-electron chi connectivity index (χ2n) is 9.39. The summed E-state index contributed by atoms with van der Waals surface area (Å²) < 4.78 is 2.70. The van der Waals surface area contributed by atoms with Crippen LogP contribution in [0.1, 0.15) is 18.1 Å². The lowest BCUT2D eigenvalue weighted by Gasteiger charge is -2.17. The van der Waals surface area contributed by atoms with Crippen molar-refractivity contribution in [2.24, 2.45) is 12.1 Å². The van der Waals surface area contributed by atoms with Gasteiger partial charge >= 0.3 is 0 Å². The zero-order valence-corrected chi connectivity index (χ0v) is 23.9. The molecule has 0 saturated carbocycles. The van der Waals surface area contributed by atoms with Crippen molar-refractivity contribution in [3.8, 4) is 0 Å². The van der Waals surface area contributed by atoms with E-state index in [1.54, 1.807) is 30.3 Å². The number of carbonyl (C=O) groups excluding carboxylic acids is 1. The molecule has 1 aromatic heterocycles. The third-order valence-electron chi connectivity index (χ3n) is 6.81. The maximum absolute atomic E-state index is 13.4. The van der Waals surface area contributed by atoms with Crippen LogP contribution in [0.15, 0.2) is 112 Å². The first-order valence-electron chi connectivity index (χ1n) is 12.8. The van der Waals surface area contributed by atoms with Crippen molar-refractivity contribution in [1.82, 2.24) is 9.47 Å². The molecule has 1 amide bonds. The van der Waals surface area contributed by atoms with E-state index in [1.807, 2.05) is 85.9 Å². The normalized spacial score (nSPS) is 18.4. The number of rotatable bonds is 4. The van der Waals surface area contributed by atoms with Crippen LogP contribution in [0.3, 0.4) is 0 Å². The fraction of sp³-hybridized carbons (Fsp3) is 0.0938. The molecule has 198 valence electrons. The van der Waals surface area contributed by atoms with Gasteiger partial charge in [0.25, 0.3) is 11.5 Å². The van der Waals surface area contributed by atoms with E-state index < -0.39 is 0 Å². The number of amides is 1. The van der Waals surface area contributed by atoms with Crippen molar-refractivity contribution in [3.63, 3.8) is 0 Å². The van der Waals surface area contributed by atoms with E-state index in [0.29, 0.717) is 26.2 Å². The summed E-state index contributed by atoms with van der Waals surface area (Å²) >= 11 is 2.99. The average Bonchev–Trinajstić information content (AvgIpc) is 3.58. The van der Waals surface area contributed by atoms with Gasteiger partial charge in [-0.2, -0.15) is 10.1 Å². The van der Waals surface area contributed by atoms with Gasteiger partial charge in [-0.15, -0.1) is 11.3 Å². The Kier molecular flexibility index (Phi) is 6.88. The number of hydrogen-bond donors (Lipinski definition) is 0. The fourth-order valence-corrected chi connectivity index (χ4v) is 7.08. The van der Waals surface area contributed by atoms with Crippen LogP contribution in [-0.2, 0) is 11.8 Å². The minimum Gasteiger partial charge on any atom is -0.338 e. The molecule has 40 heavy (non-hydrogen) atoms. The maximum Gasteiger partial charge on any atom is 0.283 e. The van der Waals surface area contributed by atoms with Crippen molar-refractivity contribution in [1.29, 1.82) is 0 Å². The lowest BCUT2D eigenvalue weighted by atomic mass is 10.1. The molecule has 6 nitrogen and oxygen atoms in total. The number of hydrazone groups is 1. The van der Waals surface area contributed by atoms with Crippen LogP contribution in [0.5, 0.6) is 0 Å². The van der Waals surface area contributed by atoms with E-state index >= 15 is 0 Å². The standard InChI is InChI=1S/C32H26N4O2S2/c1-21-27(31(38)36(33-21)24-17-11-6-12-18-24)32-35(3)30(37)25(39-32)19-20-26-34(2)28(22-13-7-4-8-14-22)29(40-26)23-15-9-5-10-16-23/h4-20H,1-3H3/b25-19-,26-20+,32-27+. The van der Waals surface area contributed by atoms with E-state index in [4.69, 9.17) is 0 Å². The molecule has 0 unspecified atom stereocenters. The minimum absolute atomic E-state index is 0.145. The number of hydrogen-bond acceptors (Lipinski definition) is 6. The molecule has 0 N–H and O–H groups in total. The van der Waals surface area contributed by atoms with E-state index in [9.17, 15) is 9.59 Å². The van der Waals surface area contributed by atoms with Gasteiger partial charge in [0.15, 0.2) is 0 Å². The maximum atomic E-state index is 13.4. The van der Waals surface area contributed by atoms with Gasteiger partial charge < -0.3 is 9.47 Å². The number of carbonyl (C=O) groups is 1. The lowest BCUT2D eigenvalue weighted by molar-refractivity contribution is -0.112. The fourth-order valence-electron chi connectivity index (χ4n) is 4.78. The third kappa shape index (κ3) is 4.55.